The smallest absolute Gasteiger partial charge is 0.240 e. The molecule has 2 aromatic heterocycles. The quantitative estimate of drug-likeness (QED) is 0.579. The van der Waals surface area contributed by atoms with Crippen LogP contribution in [0.4, 0.5) is 0 Å². The van der Waals surface area contributed by atoms with Gasteiger partial charge in [-0.1, -0.05) is 11.8 Å². The molecule has 3 heteroatoms. The van der Waals surface area contributed by atoms with E-state index in [4.69, 9.17) is 0 Å². The Hall–Kier alpha value is -1.35. The van der Waals surface area contributed by atoms with E-state index in [0.29, 0.717) is 0 Å². The molecule has 76 valence electrons. The molecule has 0 unspecified atom stereocenters. The molecule has 0 atom stereocenters. The predicted molar refractivity (Wildman–Crippen MR) is 61.4 cm³/mol. The van der Waals surface area contributed by atoms with Crippen LogP contribution in [0.25, 0.3) is 0 Å². The molecule has 0 amide bonds. The molecule has 0 bridgehead atoms. The SMILES string of the molecule is C[n+]1ccccc1SCc1ccncc1. The van der Waals surface area contributed by atoms with Gasteiger partial charge in [-0.15, -0.1) is 0 Å². The molecule has 0 fully saturated rings. The van der Waals surface area contributed by atoms with Crippen LogP contribution in [0, 0.1) is 0 Å². The van der Waals surface area contributed by atoms with E-state index in [1.54, 1.807) is 0 Å². The van der Waals surface area contributed by atoms with Crippen LogP contribution in [0.1, 0.15) is 5.56 Å². The van der Waals surface area contributed by atoms with Crippen molar-refractivity contribution < 1.29 is 4.57 Å². The monoisotopic (exact) mass is 217 g/mol. The van der Waals surface area contributed by atoms with E-state index in [9.17, 15) is 0 Å². The Morgan fingerprint density at radius 3 is 2.73 bits per heavy atom. The molecule has 0 N–H and O–H groups in total. The Morgan fingerprint density at radius 2 is 2.00 bits per heavy atom. The molecule has 0 radical (unpaired) electrons. The number of pyridine rings is 2. The Morgan fingerprint density at radius 1 is 1.20 bits per heavy atom. The topological polar surface area (TPSA) is 16.8 Å². The van der Waals surface area contributed by atoms with Gasteiger partial charge < -0.3 is 0 Å². The van der Waals surface area contributed by atoms with Crippen LogP contribution in [0.2, 0.25) is 0 Å². The second kappa shape index (κ2) is 4.94. The van der Waals surface area contributed by atoms with Crippen LogP contribution in [-0.4, -0.2) is 4.98 Å². The van der Waals surface area contributed by atoms with Crippen molar-refractivity contribution in [3.63, 3.8) is 0 Å². The van der Waals surface area contributed by atoms with Gasteiger partial charge in [-0.25, -0.2) is 0 Å². The van der Waals surface area contributed by atoms with Crippen LogP contribution >= 0.6 is 11.8 Å². The third kappa shape index (κ3) is 2.80. The Balaban J connectivity index is 2.03. The molecule has 0 aromatic carbocycles. The second-order valence-corrected chi connectivity index (χ2v) is 4.29. The molecule has 2 rings (SSSR count). The minimum Gasteiger partial charge on any atom is -0.265 e. The van der Waals surface area contributed by atoms with E-state index in [1.807, 2.05) is 30.2 Å². The standard InChI is InChI=1S/C12H13N2S/c1-14-9-3-2-4-12(14)15-10-11-5-7-13-8-6-11/h2-9H,10H2,1H3/q+1. The van der Waals surface area contributed by atoms with Gasteiger partial charge in [0.1, 0.15) is 7.05 Å². The van der Waals surface area contributed by atoms with Crippen molar-refractivity contribution in [1.82, 2.24) is 4.98 Å². The molecule has 0 saturated carbocycles. The fourth-order valence-electron chi connectivity index (χ4n) is 1.29. The molecule has 15 heavy (non-hydrogen) atoms. The largest absolute Gasteiger partial charge is 0.265 e. The first-order chi connectivity index (χ1) is 7.36. The summed E-state index contributed by atoms with van der Waals surface area (Å²) in [5, 5.41) is 1.27. The fourth-order valence-corrected chi connectivity index (χ4v) is 2.24. The third-order valence-corrected chi connectivity index (χ3v) is 3.34. The number of hydrogen-bond donors (Lipinski definition) is 0. The molecule has 2 aromatic rings. The lowest BCUT2D eigenvalue weighted by atomic mass is 10.3. The number of thioether (sulfide) groups is 1. The van der Waals surface area contributed by atoms with Crippen LogP contribution in [0.5, 0.6) is 0 Å². The van der Waals surface area contributed by atoms with Crippen molar-refractivity contribution in [2.24, 2.45) is 7.05 Å². The maximum Gasteiger partial charge on any atom is 0.240 e. The van der Waals surface area contributed by atoms with Crippen molar-refractivity contribution in [3.8, 4) is 0 Å². The lowest BCUT2D eigenvalue weighted by molar-refractivity contribution is -0.708. The average Bonchev–Trinajstić information content (AvgIpc) is 2.29. The molecule has 0 aliphatic heterocycles. The van der Waals surface area contributed by atoms with Gasteiger partial charge in [0.05, 0.1) is 0 Å². The highest BCUT2D eigenvalue weighted by atomic mass is 32.2. The average molecular weight is 217 g/mol. The van der Waals surface area contributed by atoms with Crippen molar-refractivity contribution in [2.75, 3.05) is 0 Å². The molecule has 0 aliphatic rings. The maximum atomic E-state index is 4.00. The van der Waals surface area contributed by atoms with Gasteiger partial charge in [-0.05, 0) is 23.8 Å². The van der Waals surface area contributed by atoms with E-state index in [1.165, 1.54) is 10.6 Å². The summed E-state index contributed by atoms with van der Waals surface area (Å²) in [4.78, 5) is 4.00. The maximum absolute atomic E-state index is 4.00. The van der Waals surface area contributed by atoms with E-state index >= 15 is 0 Å². The first-order valence-corrected chi connectivity index (χ1v) is 5.81. The summed E-state index contributed by atoms with van der Waals surface area (Å²) in [5.41, 5.74) is 1.30. The minimum atomic E-state index is 0.986. The summed E-state index contributed by atoms with van der Waals surface area (Å²) in [5.74, 6) is 0.986. The van der Waals surface area contributed by atoms with Crippen LogP contribution in [0.15, 0.2) is 53.9 Å². The Kier molecular flexibility index (Phi) is 3.35. The summed E-state index contributed by atoms with van der Waals surface area (Å²) in [6.07, 6.45) is 5.73. The number of aromatic nitrogens is 2. The number of hydrogen-bond acceptors (Lipinski definition) is 2. The van der Waals surface area contributed by atoms with Crippen molar-refractivity contribution in [2.45, 2.75) is 10.8 Å². The van der Waals surface area contributed by atoms with Gasteiger partial charge in [0.25, 0.3) is 0 Å². The van der Waals surface area contributed by atoms with Crippen LogP contribution in [0.3, 0.4) is 0 Å². The normalized spacial score (nSPS) is 10.2. The summed E-state index contributed by atoms with van der Waals surface area (Å²) in [7, 11) is 2.06. The third-order valence-electron chi connectivity index (χ3n) is 2.14. The van der Waals surface area contributed by atoms with Gasteiger partial charge in [0, 0.05) is 30.3 Å². The summed E-state index contributed by atoms with van der Waals surface area (Å²) < 4.78 is 2.13. The number of rotatable bonds is 3. The second-order valence-electron chi connectivity index (χ2n) is 3.29. The van der Waals surface area contributed by atoms with E-state index in [0.717, 1.165) is 5.75 Å². The van der Waals surface area contributed by atoms with Crippen LogP contribution < -0.4 is 4.57 Å². The Bertz CT molecular complexity index is 429. The molecule has 0 saturated heterocycles. The summed E-state index contributed by atoms with van der Waals surface area (Å²) in [6, 6.07) is 10.3. The van der Waals surface area contributed by atoms with Gasteiger partial charge in [-0.2, -0.15) is 4.57 Å². The zero-order valence-electron chi connectivity index (χ0n) is 8.63. The van der Waals surface area contributed by atoms with Crippen LogP contribution in [-0.2, 0) is 12.8 Å². The highest BCUT2D eigenvalue weighted by molar-refractivity contribution is 7.98. The molecule has 2 heterocycles. The predicted octanol–water partition coefficient (Wildman–Crippen LogP) is 2.20. The first kappa shape index (κ1) is 10.2. The van der Waals surface area contributed by atoms with Gasteiger partial charge in [0.15, 0.2) is 6.20 Å². The van der Waals surface area contributed by atoms with Gasteiger partial charge in [0.2, 0.25) is 5.03 Å². The lowest BCUT2D eigenvalue weighted by Gasteiger charge is -1.99. The summed E-state index contributed by atoms with van der Waals surface area (Å²) in [6.45, 7) is 0. The zero-order valence-corrected chi connectivity index (χ0v) is 9.45. The molecule has 0 spiro atoms. The van der Waals surface area contributed by atoms with Crippen molar-refractivity contribution in [3.05, 3.63) is 54.5 Å². The minimum absolute atomic E-state index is 0.986. The van der Waals surface area contributed by atoms with E-state index in [-0.39, 0.29) is 0 Å². The van der Waals surface area contributed by atoms with E-state index in [2.05, 4.69) is 47.1 Å². The molecular weight excluding hydrogens is 204 g/mol. The van der Waals surface area contributed by atoms with Gasteiger partial charge >= 0.3 is 0 Å². The summed E-state index contributed by atoms with van der Waals surface area (Å²) >= 11 is 1.84. The fraction of sp³-hybridized carbons (Fsp3) is 0.167. The van der Waals surface area contributed by atoms with Crippen molar-refractivity contribution in [1.29, 1.82) is 0 Å². The molecule has 2 nitrogen and oxygen atoms in total. The molecule has 0 aliphatic carbocycles. The first-order valence-electron chi connectivity index (χ1n) is 4.82. The highest BCUT2D eigenvalue weighted by Crippen LogP contribution is 2.18. The highest BCUT2D eigenvalue weighted by Gasteiger charge is 2.04. The molecular formula is C12H13N2S+. The number of nitrogens with zero attached hydrogens (tertiary/aromatic N) is 2. The number of aryl methyl sites for hydroxylation is 1. The van der Waals surface area contributed by atoms with Crippen molar-refractivity contribution >= 4 is 11.8 Å². The van der Waals surface area contributed by atoms with E-state index < -0.39 is 0 Å². The zero-order chi connectivity index (χ0) is 10.5. The lowest BCUT2D eigenvalue weighted by Crippen LogP contribution is -2.29. The van der Waals surface area contributed by atoms with Gasteiger partial charge in [-0.3, -0.25) is 4.98 Å². The Labute approximate surface area is 94.0 Å².